The number of benzene rings is 2. The summed E-state index contributed by atoms with van der Waals surface area (Å²) < 4.78 is 11.4. The molecule has 0 saturated heterocycles. The molecule has 2 aromatic carbocycles. The highest BCUT2D eigenvalue weighted by molar-refractivity contribution is 6.67. The molecule has 3 rings (SSSR count). The molecular formula is C14H13BO2. The van der Waals surface area contributed by atoms with E-state index in [9.17, 15) is 0 Å². The number of fused-ring (bicyclic) bond motifs is 1. The molecule has 0 spiro atoms. The average Bonchev–Trinajstić information content (AvgIpc) is 2.73. The molecule has 2 aromatic rings. The van der Waals surface area contributed by atoms with E-state index in [4.69, 9.17) is 9.39 Å². The fraction of sp³-hybridized carbons (Fsp3) is 0.143. The summed E-state index contributed by atoms with van der Waals surface area (Å²) in [6, 6.07) is 16.0. The van der Waals surface area contributed by atoms with Crippen molar-refractivity contribution in [1.82, 2.24) is 0 Å². The molecule has 1 heterocycles. The standard InChI is InChI=1S/C14H13BO2/c1-15-14-9-13(8-7-11(14)10-16-15)17-12-5-3-2-4-6-12/h2-9H,10H2,1H3. The molecule has 0 atom stereocenters. The van der Waals surface area contributed by atoms with Gasteiger partial charge in [-0.05, 0) is 35.3 Å². The van der Waals surface area contributed by atoms with E-state index in [2.05, 4.69) is 19.0 Å². The van der Waals surface area contributed by atoms with Gasteiger partial charge in [0, 0.05) is 0 Å². The zero-order valence-electron chi connectivity index (χ0n) is 9.72. The highest BCUT2D eigenvalue weighted by atomic mass is 16.5. The van der Waals surface area contributed by atoms with E-state index in [0.717, 1.165) is 11.5 Å². The van der Waals surface area contributed by atoms with Gasteiger partial charge >= 0.3 is 6.92 Å². The van der Waals surface area contributed by atoms with Crippen LogP contribution in [0.25, 0.3) is 0 Å². The second kappa shape index (κ2) is 4.26. The fourth-order valence-corrected chi connectivity index (χ4v) is 2.08. The Hall–Kier alpha value is -1.74. The van der Waals surface area contributed by atoms with Crippen molar-refractivity contribution in [3.05, 3.63) is 54.1 Å². The Morgan fingerprint density at radius 2 is 1.88 bits per heavy atom. The Labute approximate surface area is 101 Å². The summed E-state index contributed by atoms with van der Waals surface area (Å²) in [5.41, 5.74) is 2.50. The Bertz CT molecular complexity index is 525. The summed E-state index contributed by atoms with van der Waals surface area (Å²) in [6.07, 6.45) is 0. The van der Waals surface area contributed by atoms with Crippen LogP contribution in [-0.4, -0.2) is 6.92 Å². The molecule has 0 amide bonds. The molecule has 0 bridgehead atoms. The first-order chi connectivity index (χ1) is 8.33. The van der Waals surface area contributed by atoms with Crippen molar-refractivity contribution >= 4 is 12.4 Å². The van der Waals surface area contributed by atoms with Gasteiger partial charge in [-0.15, -0.1) is 0 Å². The first-order valence-corrected chi connectivity index (χ1v) is 5.80. The van der Waals surface area contributed by atoms with Crippen LogP contribution in [0.2, 0.25) is 6.82 Å². The van der Waals surface area contributed by atoms with Crippen LogP contribution in [0.15, 0.2) is 48.5 Å². The topological polar surface area (TPSA) is 18.5 Å². The molecule has 2 nitrogen and oxygen atoms in total. The molecule has 0 N–H and O–H groups in total. The minimum absolute atomic E-state index is 0.171. The van der Waals surface area contributed by atoms with E-state index in [-0.39, 0.29) is 6.92 Å². The van der Waals surface area contributed by atoms with E-state index in [1.807, 2.05) is 36.4 Å². The maximum absolute atomic E-state index is 5.80. The lowest BCUT2D eigenvalue weighted by atomic mass is 9.64. The first kappa shape index (κ1) is 10.4. The summed E-state index contributed by atoms with van der Waals surface area (Å²) in [6.45, 7) is 2.95. The SMILES string of the molecule is CB1OCc2ccc(Oc3ccccc3)cc21. The van der Waals surface area contributed by atoms with Crippen LogP contribution in [0.1, 0.15) is 5.56 Å². The lowest BCUT2D eigenvalue weighted by Crippen LogP contribution is -2.24. The van der Waals surface area contributed by atoms with Crippen molar-refractivity contribution in [2.75, 3.05) is 0 Å². The molecule has 0 aromatic heterocycles. The summed E-state index contributed by atoms with van der Waals surface area (Å²) in [5, 5.41) is 0. The van der Waals surface area contributed by atoms with Gasteiger partial charge < -0.3 is 9.39 Å². The molecule has 3 heteroatoms. The number of hydrogen-bond donors (Lipinski definition) is 0. The van der Waals surface area contributed by atoms with Crippen molar-refractivity contribution < 1.29 is 9.39 Å². The maximum Gasteiger partial charge on any atom is 0.324 e. The van der Waals surface area contributed by atoms with Gasteiger partial charge in [-0.3, -0.25) is 0 Å². The van der Waals surface area contributed by atoms with Crippen molar-refractivity contribution in [2.45, 2.75) is 13.4 Å². The van der Waals surface area contributed by atoms with Gasteiger partial charge in [0.15, 0.2) is 0 Å². The highest BCUT2D eigenvalue weighted by Crippen LogP contribution is 2.22. The molecule has 0 aliphatic carbocycles. The molecule has 0 saturated carbocycles. The fourth-order valence-electron chi connectivity index (χ4n) is 2.08. The second-order valence-electron chi connectivity index (χ2n) is 4.23. The van der Waals surface area contributed by atoms with Crippen LogP contribution in [0.4, 0.5) is 0 Å². The van der Waals surface area contributed by atoms with Crippen molar-refractivity contribution in [1.29, 1.82) is 0 Å². The number of para-hydroxylation sites is 1. The Morgan fingerprint density at radius 3 is 2.71 bits per heavy atom. The van der Waals surface area contributed by atoms with Crippen molar-refractivity contribution in [3.8, 4) is 11.5 Å². The highest BCUT2D eigenvalue weighted by Gasteiger charge is 2.23. The van der Waals surface area contributed by atoms with Crippen LogP contribution < -0.4 is 10.2 Å². The smallest absolute Gasteiger partial charge is 0.324 e. The van der Waals surface area contributed by atoms with Crippen LogP contribution in [0, 0.1) is 0 Å². The van der Waals surface area contributed by atoms with Gasteiger partial charge in [0.2, 0.25) is 0 Å². The minimum Gasteiger partial charge on any atom is -0.457 e. The van der Waals surface area contributed by atoms with Gasteiger partial charge in [-0.2, -0.15) is 0 Å². The molecule has 0 unspecified atom stereocenters. The predicted molar refractivity (Wildman–Crippen MR) is 69.0 cm³/mol. The average molecular weight is 224 g/mol. The zero-order chi connectivity index (χ0) is 11.7. The molecule has 17 heavy (non-hydrogen) atoms. The van der Waals surface area contributed by atoms with Crippen LogP contribution in [0.3, 0.4) is 0 Å². The zero-order valence-corrected chi connectivity index (χ0v) is 9.72. The van der Waals surface area contributed by atoms with E-state index in [1.165, 1.54) is 11.0 Å². The van der Waals surface area contributed by atoms with Crippen LogP contribution >= 0.6 is 0 Å². The molecule has 84 valence electrons. The van der Waals surface area contributed by atoms with Crippen LogP contribution in [-0.2, 0) is 11.3 Å². The summed E-state index contributed by atoms with van der Waals surface area (Å²) in [5.74, 6) is 1.73. The monoisotopic (exact) mass is 224 g/mol. The molecular weight excluding hydrogens is 211 g/mol. The second-order valence-corrected chi connectivity index (χ2v) is 4.23. The lowest BCUT2D eigenvalue weighted by molar-refractivity contribution is 0.333. The lowest BCUT2D eigenvalue weighted by Gasteiger charge is -2.07. The van der Waals surface area contributed by atoms with Crippen molar-refractivity contribution in [2.24, 2.45) is 0 Å². The van der Waals surface area contributed by atoms with Gasteiger partial charge in [-0.1, -0.05) is 31.1 Å². The third-order valence-corrected chi connectivity index (χ3v) is 3.02. The first-order valence-electron chi connectivity index (χ1n) is 5.80. The van der Waals surface area contributed by atoms with Gasteiger partial charge in [-0.25, -0.2) is 0 Å². The van der Waals surface area contributed by atoms with E-state index in [0.29, 0.717) is 6.61 Å². The molecule has 1 aliphatic heterocycles. The van der Waals surface area contributed by atoms with Crippen LogP contribution in [0.5, 0.6) is 11.5 Å². The molecule has 1 aliphatic rings. The van der Waals surface area contributed by atoms with Gasteiger partial charge in [0.05, 0.1) is 6.61 Å². The third kappa shape index (κ3) is 2.06. The molecule has 0 fully saturated rings. The largest absolute Gasteiger partial charge is 0.457 e. The number of rotatable bonds is 2. The van der Waals surface area contributed by atoms with Gasteiger partial charge in [0.25, 0.3) is 0 Å². The summed E-state index contributed by atoms with van der Waals surface area (Å²) in [4.78, 5) is 0. The van der Waals surface area contributed by atoms with E-state index in [1.54, 1.807) is 0 Å². The van der Waals surface area contributed by atoms with E-state index >= 15 is 0 Å². The predicted octanol–water partition coefficient (Wildman–Crippen LogP) is 2.84. The molecule has 0 radical (unpaired) electrons. The number of ether oxygens (including phenoxy) is 1. The summed E-state index contributed by atoms with van der Waals surface area (Å²) in [7, 11) is 0. The quantitative estimate of drug-likeness (QED) is 0.730. The summed E-state index contributed by atoms with van der Waals surface area (Å²) >= 11 is 0. The maximum atomic E-state index is 5.80. The normalized spacial score (nSPS) is 13.6. The Kier molecular flexibility index (Phi) is 2.61. The Balaban J connectivity index is 1.88. The van der Waals surface area contributed by atoms with Gasteiger partial charge in [0.1, 0.15) is 11.5 Å². The number of hydrogen-bond acceptors (Lipinski definition) is 2. The third-order valence-electron chi connectivity index (χ3n) is 3.02. The van der Waals surface area contributed by atoms with E-state index < -0.39 is 0 Å². The van der Waals surface area contributed by atoms with Crippen molar-refractivity contribution in [3.63, 3.8) is 0 Å². The Morgan fingerprint density at radius 1 is 1.06 bits per heavy atom. The minimum atomic E-state index is 0.171.